The molecule has 0 saturated heterocycles. The molecule has 11 aromatic carbocycles. The average molecular weight is 947 g/mol. The van der Waals surface area contributed by atoms with Crippen molar-refractivity contribution in [2.45, 2.75) is 26.2 Å². The highest BCUT2D eigenvalue weighted by Gasteiger charge is 2.30. The molecular weight excluding hydrogens is 897 g/mol. The van der Waals surface area contributed by atoms with E-state index in [2.05, 4.69) is 288 Å². The van der Waals surface area contributed by atoms with E-state index >= 15 is 0 Å². The first kappa shape index (κ1) is 42.3. The van der Waals surface area contributed by atoms with E-state index in [0.717, 1.165) is 34.1 Å². The SMILES string of the molecule is CC(C)(C)c1ccc2c(c1)c1c(N(c3ccccc3)c3ccccc3-c3ccccc3)ccc3c4cc5c(cc4n2c31)c1ccc(N(c2ccccc2)c2ccccc2-c2ccccc2)c2c3ccccc3n5c12. The van der Waals surface area contributed by atoms with Crippen LogP contribution < -0.4 is 9.80 Å². The fourth-order valence-corrected chi connectivity index (χ4v) is 12.4. The Hall–Kier alpha value is -9.38. The first-order valence-corrected chi connectivity index (χ1v) is 25.8. The standard InChI is InChI=1S/C70H50N4/c1-70(2,3)47-36-39-61-57(42-47)67-63(72(49-28-14-7-15-29-49)59-34-20-17-31-51(59)46-24-10-5-11-25-46)41-38-53-56-43-64-55(44-65(56)74(61)69(53)67)52-37-40-62(66-54-32-18-21-35-60(54)73(64)68(52)66)71(48-26-12-6-13-27-48)58-33-19-16-30-50(58)45-22-8-4-9-23-45/h4-44H,1-3H3. The van der Waals surface area contributed by atoms with Crippen molar-refractivity contribution in [1.82, 2.24) is 8.80 Å². The molecule has 15 aromatic rings. The molecule has 0 spiro atoms. The van der Waals surface area contributed by atoms with Crippen LogP contribution in [0.5, 0.6) is 0 Å². The summed E-state index contributed by atoms with van der Waals surface area (Å²) in [6.45, 7) is 6.97. The quantitative estimate of drug-likeness (QED) is 0.151. The van der Waals surface area contributed by atoms with Gasteiger partial charge in [-0.05, 0) is 101 Å². The summed E-state index contributed by atoms with van der Waals surface area (Å²) >= 11 is 0. The van der Waals surface area contributed by atoms with Gasteiger partial charge >= 0.3 is 0 Å². The van der Waals surface area contributed by atoms with Gasteiger partial charge in [0.2, 0.25) is 0 Å². The third-order valence-electron chi connectivity index (χ3n) is 15.7. The predicted molar refractivity (Wildman–Crippen MR) is 315 cm³/mol. The second-order valence-corrected chi connectivity index (χ2v) is 20.9. The predicted octanol–water partition coefficient (Wildman–Crippen LogP) is 19.6. The topological polar surface area (TPSA) is 15.3 Å². The normalized spacial score (nSPS) is 12.3. The van der Waals surface area contributed by atoms with E-state index in [1.54, 1.807) is 0 Å². The molecule has 4 heterocycles. The monoisotopic (exact) mass is 946 g/mol. The fourth-order valence-electron chi connectivity index (χ4n) is 12.4. The van der Waals surface area contributed by atoms with Crippen LogP contribution in [0.4, 0.5) is 34.1 Å². The Morgan fingerprint density at radius 2 is 0.716 bits per heavy atom. The number of nitrogens with zero attached hydrogens (tertiary/aromatic N) is 4. The first-order chi connectivity index (χ1) is 36.4. The Labute approximate surface area is 429 Å². The number of aromatic nitrogens is 2. The van der Waals surface area contributed by atoms with Crippen molar-refractivity contribution in [2.24, 2.45) is 0 Å². The van der Waals surface area contributed by atoms with Crippen molar-refractivity contribution in [1.29, 1.82) is 0 Å². The van der Waals surface area contributed by atoms with Gasteiger partial charge in [0.05, 0.1) is 55.8 Å². The van der Waals surface area contributed by atoms with Crippen LogP contribution in [0, 0.1) is 0 Å². The zero-order valence-corrected chi connectivity index (χ0v) is 41.5. The van der Waals surface area contributed by atoms with Crippen molar-refractivity contribution < 1.29 is 0 Å². The van der Waals surface area contributed by atoms with Gasteiger partial charge in [0, 0.05) is 65.6 Å². The van der Waals surface area contributed by atoms with Crippen molar-refractivity contribution in [2.75, 3.05) is 9.80 Å². The molecule has 0 amide bonds. The molecule has 15 rings (SSSR count). The zero-order chi connectivity index (χ0) is 49.2. The summed E-state index contributed by atoms with van der Waals surface area (Å²) < 4.78 is 5.13. The van der Waals surface area contributed by atoms with Gasteiger partial charge in [-0.3, -0.25) is 0 Å². The number of fused-ring (bicyclic) bond motifs is 12. The second kappa shape index (κ2) is 16.1. The Balaban J connectivity index is 1.03. The van der Waals surface area contributed by atoms with Crippen LogP contribution in [-0.4, -0.2) is 8.80 Å². The van der Waals surface area contributed by atoms with Crippen LogP contribution in [0.25, 0.3) is 98.4 Å². The van der Waals surface area contributed by atoms with E-state index in [9.17, 15) is 0 Å². The lowest BCUT2D eigenvalue weighted by atomic mass is 9.86. The van der Waals surface area contributed by atoms with Gasteiger partial charge in [-0.1, -0.05) is 191 Å². The molecule has 350 valence electrons. The minimum absolute atomic E-state index is 0.0459. The van der Waals surface area contributed by atoms with Crippen LogP contribution in [0.2, 0.25) is 0 Å². The molecule has 0 saturated carbocycles. The summed E-state index contributed by atoms with van der Waals surface area (Å²) in [5, 5.41) is 9.97. The maximum Gasteiger partial charge on any atom is 0.0641 e. The smallest absolute Gasteiger partial charge is 0.0641 e. The number of hydrogen-bond acceptors (Lipinski definition) is 2. The molecule has 0 radical (unpaired) electrons. The molecule has 0 aliphatic heterocycles. The lowest BCUT2D eigenvalue weighted by molar-refractivity contribution is 0.591. The molecule has 0 aliphatic carbocycles. The molecule has 74 heavy (non-hydrogen) atoms. The zero-order valence-electron chi connectivity index (χ0n) is 41.5. The molecule has 0 unspecified atom stereocenters. The van der Waals surface area contributed by atoms with Crippen LogP contribution >= 0.6 is 0 Å². The molecule has 4 nitrogen and oxygen atoms in total. The number of benzene rings is 11. The van der Waals surface area contributed by atoms with E-state index in [1.807, 2.05) is 0 Å². The molecule has 4 heteroatoms. The molecule has 0 fully saturated rings. The van der Waals surface area contributed by atoms with Gasteiger partial charge < -0.3 is 18.6 Å². The fraction of sp³-hybridized carbons (Fsp3) is 0.0571. The summed E-state index contributed by atoms with van der Waals surface area (Å²) in [5.74, 6) is 0. The van der Waals surface area contributed by atoms with E-state index in [1.165, 1.54) is 104 Å². The Morgan fingerprint density at radius 1 is 0.297 bits per heavy atom. The number of anilines is 6. The van der Waals surface area contributed by atoms with E-state index in [-0.39, 0.29) is 5.41 Å². The summed E-state index contributed by atoms with van der Waals surface area (Å²) in [7, 11) is 0. The minimum atomic E-state index is -0.0459. The molecule has 0 bridgehead atoms. The van der Waals surface area contributed by atoms with Crippen LogP contribution in [0.1, 0.15) is 26.3 Å². The highest BCUT2D eigenvalue weighted by molar-refractivity contribution is 6.32. The molecular formula is C70H50N4. The molecule has 0 atom stereocenters. The highest BCUT2D eigenvalue weighted by Crippen LogP contribution is 2.53. The Kier molecular flexibility index (Phi) is 9.19. The van der Waals surface area contributed by atoms with E-state index in [0.29, 0.717) is 0 Å². The maximum atomic E-state index is 2.58. The van der Waals surface area contributed by atoms with Gasteiger partial charge in [0.1, 0.15) is 0 Å². The summed E-state index contributed by atoms with van der Waals surface area (Å²) in [5.41, 5.74) is 20.1. The minimum Gasteiger partial charge on any atom is -0.309 e. The summed E-state index contributed by atoms with van der Waals surface area (Å²) in [6, 6.07) is 91.8. The van der Waals surface area contributed by atoms with Gasteiger partial charge in [-0.2, -0.15) is 0 Å². The van der Waals surface area contributed by atoms with E-state index < -0.39 is 0 Å². The lowest BCUT2D eigenvalue weighted by Crippen LogP contribution is -2.12. The van der Waals surface area contributed by atoms with Crippen LogP contribution in [0.15, 0.2) is 249 Å². The largest absolute Gasteiger partial charge is 0.309 e. The number of para-hydroxylation sites is 5. The van der Waals surface area contributed by atoms with Gasteiger partial charge in [-0.15, -0.1) is 0 Å². The second-order valence-electron chi connectivity index (χ2n) is 20.9. The molecule has 0 N–H and O–H groups in total. The number of rotatable bonds is 8. The average Bonchev–Trinajstić information content (AvgIpc) is 4.31. The Bertz CT molecular complexity index is 4620. The van der Waals surface area contributed by atoms with Gasteiger partial charge in [0.15, 0.2) is 0 Å². The van der Waals surface area contributed by atoms with E-state index in [4.69, 9.17) is 0 Å². The summed E-state index contributed by atoms with van der Waals surface area (Å²) in [6.07, 6.45) is 0. The third-order valence-corrected chi connectivity index (χ3v) is 15.7. The lowest BCUT2D eigenvalue weighted by Gasteiger charge is -2.29. The van der Waals surface area contributed by atoms with Gasteiger partial charge in [0.25, 0.3) is 0 Å². The number of hydrogen-bond donors (Lipinski definition) is 0. The Morgan fingerprint density at radius 3 is 1.22 bits per heavy atom. The van der Waals surface area contributed by atoms with Crippen LogP contribution in [0.3, 0.4) is 0 Å². The summed E-state index contributed by atoms with van der Waals surface area (Å²) in [4.78, 5) is 4.96. The molecule has 4 aromatic heterocycles. The first-order valence-electron chi connectivity index (χ1n) is 25.8. The maximum absolute atomic E-state index is 2.58. The third kappa shape index (κ3) is 6.15. The van der Waals surface area contributed by atoms with Crippen molar-refractivity contribution >= 4 is 110 Å². The van der Waals surface area contributed by atoms with Crippen molar-refractivity contribution in [3.8, 4) is 22.3 Å². The van der Waals surface area contributed by atoms with Crippen LogP contribution in [-0.2, 0) is 5.41 Å². The molecule has 0 aliphatic rings. The van der Waals surface area contributed by atoms with Crippen molar-refractivity contribution in [3.63, 3.8) is 0 Å². The van der Waals surface area contributed by atoms with Gasteiger partial charge in [-0.25, -0.2) is 0 Å². The van der Waals surface area contributed by atoms with Crippen molar-refractivity contribution in [3.05, 3.63) is 254 Å². The highest BCUT2D eigenvalue weighted by atomic mass is 15.2.